The zero-order chi connectivity index (χ0) is 12.7. The third-order valence-electron chi connectivity index (χ3n) is 2.41. The summed E-state index contributed by atoms with van der Waals surface area (Å²) in [4.78, 5) is 10.3. The molecule has 4 heteroatoms. The number of methoxy groups -OCH3 is 1. The number of rotatable bonds is 6. The lowest BCUT2D eigenvalue weighted by atomic mass is 10.1. The number of nitrogens with one attached hydrogen (secondary N) is 1. The Kier molecular flexibility index (Phi) is 5.23. The second-order valence-corrected chi connectivity index (χ2v) is 3.61. The van der Waals surface area contributed by atoms with Crippen molar-refractivity contribution in [2.75, 3.05) is 13.7 Å². The van der Waals surface area contributed by atoms with E-state index in [0.717, 1.165) is 17.4 Å². The standard InChI is InChI=1S/C13H17NO3/c1-10(14-9-5-8-13(15)16)11-6-3-4-7-12(11)17-2/h3-8,10,14H,9H2,1-2H3,(H,15,16)/b8-5+/t10-/m1/s1. The summed E-state index contributed by atoms with van der Waals surface area (Å²) in [5.74, 6) is -0.105. The largest absolute Gasteiger partial charge is 0.496 e. The summed E-state index contributed by atoms with van der Waals surface area (Å²) in [7, 11) is 1.63. The number of aliphatic carboxylic acids is 1. The Labute approximate surface area is 101 Å². The minimum Gasteiger partial charge on any atom is -0.496 e. The monoisotopic (exact) mass is 235 g/mol. The molecule has 0 aliphatic heterocycles. The van der Waals surface area contributed by atoms with E-state index in [-0.39, 0.29) is 6.04 Å². The number of hydrogen-bond donors (Lipinski definition) is 2. The van der Waals surface area contributed by atoms with Gasteiger partial charge in [-0.2, -0.15) is 0 Å². The zero-order valence-corrected chi connectivity index (χ0v) is 10.0. The summed E-state index contributed by atoms with van der Waals surface area (Å²) in [6.07, 6.45) is 2.70. The normalized spacial score (nSPS) is 12.6. The summed E-state index contributed by atoms with van der Waals surface area (Å²) < 4.78 is 5.26. The molecule has 1 aromatic rings. The Balaban J connectivity index is 2.57. The highest BCUT2D eigenvalue weighted by Gasteiger charge is 2.08. The van der Waals surface area contributed by atoms with Gasteiger partial charge in [-0.3, -0.25) is 0 Å². The maximum absolute atomic E-state index is 10.3. The van der Waals surface area contributed by atoms with E-state index in [0.29, 0.717) is 6.54 Å². The number of para-hydroxylation sites is 1. The van der Waals surface area contributed by atoms with Crippen LogP contribution in [-0.4, -0.2) is 24.7 Å². The molecule has 17 heavy (non-hydrogen) atoms. The van der Waals surface area contributed by atoms with Gasteiger partial charge in [-0.1, -0.05) is 24.3 Å². The molecule has 0 unspecified atom stereocenters. The maximum atomic E-state index is 10.3. The van der Waals surface area contributed by atoms with Crippen LogP contribution in [0.15, 0.2) is 36.4 Å². The van der Waals surface area contributed by atoms with Crippen LogP contribution in [-0.2, 0) is 4.79 Å². The molecule has 92 valence electrons. The van der Waals surface area contributed by atoms with Crippen molar-refractivity contribution >= 4 is 5.97 Å². The van der Waals surface area contributed by atoms with Crippen LogP contribution in [0.5, 0.6) is 5.75 Å². The van der Waals surface area contributed by atoms with Crippen molar-refractivity contribution in [3.8, 4) is 5.75 Å². The van der Waals surface area contributed by atoms with Crippen molar-refractivity contribution in [1.29, 1.82) is 0 Å². The molecule has 1 aromatic carbocycles. The van der Waals surface area contributed by atoms with Gasteiger partial charge in [0, 0.05) is 24.2 Å². The first-order chi connectivity index (χ1) is 8.15. The summed E-state index contributed by atoms with van der Waals surface area (Å²) in [5, 5.41) is 11.6. The van der Waals surface area contributed by atoms with Gasteiger partial charge in [-0.25, -0.2) is 4.79 Å². The first-order valence-electron chi connectivity index (χ1n) is 5.41. The van der Waals surface area contributed by atoms with Crippen LogP contribution in [0.25, 0.3) is 0 Å². The third kappa shape index (κ3) is 4.28. The predicted octanol–water partition coefficient (Wildman–Crippen LogP) is 1.99. The van der Waals surface area contributed by atoms with Crippen LogP contribution in [0.4, 0.5) is 0 Å². The molecule has 0 saturated carbocycles. The first kappa shape index (κ1) is 13.3. The smallest absolute Gasteiger partial charge is 0.328 e. The van der Waals surface area contributed by atoms with Gasteiger partial charge in [0.05, 0.1) is 7.11 Å². The zero-order valence-electron chi connectivity index (χ0n) is 10.0. The van der Waals surface area contributed by atoms with Crippen LogP contribution in [0.3, 0.4) is 0 Å². The highest BCUT2D eigenvalue weighted by atomic mass is 16.5. The fourth-order valence-corrected chi connectivity index (χ4v) is 1.54. The molecule has 1 rings (SSSR count). The van der Waals surface area contributed by atoms with E-state index < -0.39 is 5.97 Å². The number of hydrogen-bond acceptors (Lipinski definition) is 3. The van der Waals surface area contributed by atoms with Gasteiger partial charge in [0.1, 0.15) is 5.75 Å². The number of carbonyl (C=O) groups is 1. The Morgan fingerprint density at radius 3 is 2.88 bits per heavy atom. The maximum Gasteiger partial charge on any atom is 0.328 e. The van der Waals surface area contributed by atoms with E-state index in [1.807, 2.05) is 31.2 Å². The SMILES string of the molecule is COc1ccccc1[C@@H](C)NC/C=C/C(=O)O. The highest BCUT2D eigenvalue weighted by molar-refractivity contribution is 5.79. The molecule has 2 N–H and O–H groups in total. The lowest BCUT2D eigenvalue weighted by Crippen LogP contribution is -2.19. The molecule has 0 bridgehead atoms. The van der Waals surface area contributed by atoms with E-state index in [2.05, 4.69) is 5.32 Å². The lowest BCUT2D eigenvalue weighted by Gasteiger charge is -2.16. The summed E-state index contributed by atoms with van der Waals surface area (Å²) in [6.45, 7) is 2.51. The summed E-state index contributed by atoms with van der Waals surface area (Å²) in [6, 6.07) is 7.85. The van der Waals surface area contributed by atoms with Crippen molar-refractivity contribution < 1.29 is 14.6 Å². The fourth-order valence-electron chi connectivity index (χ4n) is 1.54. The molecular weight excluding hydrogens is 218 g/mol. The van der Waals surface area contributed by atoms with Gasteiger partial charge in [0.2, 0.25) is 0 Å². The molecule has 1 atom stereocenters. The minimum atomic E-state index is -0.934. The molecule has 4 nitrogen and oxygen atoms in total. The molecule has 0 aromatic heterocycles. The van der Waals surface area contributed by atoms with Gasteiger partial charge >= 0.3 is 5.97 Å². The number of carboxylic acid groups (broad SMARTS) is 1. The average Bonchev–Trinajstić information content (AvgIpc) is 2.34. The van der Waals surface area contributed by atoms with Crippen molar-refractivity contribution in [2.24, 2.45) is 0 Å². The van der Waals surface area contributed by atoms with Crippen molar-refractivity contribution in [1.82, 2.24) is 5.32 Å². The van der Waals surface area contributed by atoms with Crippen LogP contribution in [0, 0.1) is 0 Å². The molecule has 0 amide bonds. The number of benzene rings is 1. The highest BCUT2D eigenvalue weighted by Crippen LogP contribution is 2.23. The van der Waals surface area contributed by atoms with E-state index in [1.54, 1.807) is 13.2 Å². The Morgan fingerprint density at radius 2 is 2.24 bits per heavy atom. The first-order valence-corrected chi connectivity index (χ1v) is 5.41. The molecule has 0 saturated heterocycles. The Hall–Kier alpha value is -1.81. The van der Waals surface area contributed by atoms with Gasteiger partial charge in [0.15, 0.2) is 0 Å². The van der Waals surface area contributed by atoms with Crippen molar-refractivity contribution in [3.05, 3.63) is 42.0 Å². The van der Waals surface area contributed by atoms with E-state index in [1.165, 1.54) is 0 Å². The van der Waals surface area contributed by atoms with E-state index in [9.17, 15) is 4.79 Å². The van der Waals surface area contributed by atoms with Crippen LogP contribution in [0.2, 0.25) is 0 Å². The van der Waals surface area contributed by atoms with Crippen molar-refractivity contribution in [3.63, 3.8) is 0 Å². The van der Waals surface area contributed by atoms with Crippen LogP contribution >= 0.6 is 0 Å². The van der Waals surface area contributed by atoms with Gasteiger partial charge in [-0.05, 0) is 13.0 Å². The third-order valence-corrected chi connectivity index (χ3v) is 2.41. The second kappa shape index (κ2) is 6.70. The molecule has 0 spiro atoms. The Morgan fingerprint density at radius 1 is 1.53 bits per heavy atom. The molecule has 0 fully saturated rings. The molecule has 0 aliphatic carbocycles. The molecule has 0 radical (unpaired) electrons. The van der Waals surface area contributed by atoms with Crippen LogP contribution < -0.4 is 10.1 Å². The van der Waals surface area contributed by atoms with E-state index in [4.69, 9.17) is 9.84 Å². The summed E-state index contributed by atoms with van der Waals surface area (Å²) in [5.41, 5.74) is 1.05. The topological polar surface area (TPSA) is 58.6 Å². The number of carboxylic acids is 1. The minimum absolute atomic E-state index is 0.101. The van der Waals surface area contributed by atoms with Gasteiger partial charge < -0.3 is 15.2 Å². The molecule has 0 aliphatic rings. The second-order valence-electron chi connectivity index (χ2n) is 3.61. The van der Waals surface area contributed by atoms with Crippen molar-refractivity contribution in [2.45, 2.75) is 13.0 Å². The van der Waals surface area contributed by atoms with E-state index >= 15 is 0 Å². The predicted molar refractivity (Wildman–Crippen MR) is 66.2 cm³/mol. The quantitative estimate of drug-likeness (QED) is 0.740. The van der Waals surface area contributed by atoms with Gasteiger partial charge in [-0.15, -0.1) is 0 Å². The average molecular weight is 235 g/mol. The Bertz CT molecular complexity index is 401. The van der Waals surface area contributed by atoms with Gasteiger partial charge in [0.25, 0.3) is 0 Å². The molecule has 0 heterocycles. The number of ether oxygens (including phenoxy) is 1. The van der Waals surface area contributed by atoms with Crippen LogP contribution in [0.1, 0.15) is 18.5 Å². The lowest BCUT2D eigenvalue weighted by molar-refractivity contribution is -0.131. The summed E-state index contributed by atoms with van der Waals surface area (Å²) >= 11 is 0. The fraction of sp³-hybridized carbons (Fsp3) is 0.308. The molecular formula is C13H17NO3.